The molecule has 0 spiro atoms. The molecule has 0 aromatic heterocycles. The summed E-state index contributed by atoms with van der Waals surface area (Å²) < 4.78 is 29.1. The number of sulfonamides is 1. The van der Waals surface area contributed by atoms with Gasteiger partial charge in [0.1, 0.15) is 6.10 Å². The van der Waals surface area contributed by atoms with E-state index in [9.17, 15) is 23.3 Å². The number of nitro groups is 1. The summed E-state index contributed by atoms with van der Waals surface area (Å²) in [7, 11) is -3.36. The minimum atomic E-state index is -3.36. The lowest BCUT2D eigenvalue weighted by Gasteiger charge is -2.13. The number of carbonyl (C=O) groups is 1. The second kappa shape index (κ2) is 6.64. The standard InChI is InChI=1S/C12H16N2O6S/c1-8-6-10(4-5-11(8)14(16)17)12(15)20-9(2)7-13-21(3,18)19/h4-6,9,13H,7H2,1-3H3/t9-/m0/s1. The van der Waals surface area contributed by atoms with Crippen LogP contribution in [0.1, 0.15) is 22.8 Å². The molecule has 0 bridgehead atoms. The van der Waals surface area contributed by atoms with Crippen molar-refractivity contribution in [2.75, 3.05) is 12.8 Å². The van der Waals surface area contributed by atoms with Gasteiger partial charge in [-0.05, 0) is 26.0 Å². The van der Waals surface area contributed by atoms with E-state index < -0.39 is 27.0 Å². The molecule has 116 valence electrons. The van der Waals surface area contributed by atoms with Crippen LogP contribution in [0.2, 0.25) is 0 Å². The molecule has 0 unspecified atom stereocenters. The zero-order chi connectivity index (χ0) is 16.2. The fraction of sp³-hybridized carbons (Fsp3) is 0.417. The summed E-state index contributed by atoms with van der Waals surface area (Å²) in [5, 5.41) is 10.7. The van der Waals surface area contributed by atoms with Crippen LogP contribution in [0, 0.1) is 17.0 Å². The SMILES string of the molecule is Cc1cc(C(=O)O[C@@H](C)CNS(C)(=O)=O)ccc1[N+](=O)[O-]. The minimum absolute atomic E-state index is 0.0451. The summed E-state index contributed by atoms with van der Waals surface area (Å²) >= 11 is 0. The Labute approximate surface area is 122 Å². The van der Waals surface area contributed by atoms with Crippen LogP contribution in [0.3, 0.4) is 0 Å². The second-order valence-corrected chi connectivity index (χ2v) is 6.43. The van der Waals surface area contributed by atoms with Crippen LogP contribution in [0.15, 0.2) is 18.2 Å². The number of esters is 1. The van der Waals surface area contributed by atoms with Gasteiger partial charge in [-0.1, -0.05) is 0 Å². The number of nitrogens with one attached hydrogen (secondary N) is 1. The Kier molecular flexibility index (Phi) is 5.39. The van der Waals surface area contributed by atoms with Crippen molar-refractivity contribution in [3.63, 3.8) is 0 Å². The highest BCUT2D eigenvalue weighted by atomic mass is 32.2. The molecule has 1 N–H and O–H groups in total. The Morgan fingerprint density at radius 2 is 2.10 bits per heavy atom. The highest BCUT2D eigenvalue weighted by molar-refractivity contribution is 7.88. The second-order valence-electron chi connectivity index (χ2n) is 4.59. The van der Waals surface area contributed by atoms with Gasteiger partial charge in [0.05, 0.1) is 16.7 Å². The smallest absolute Gasteiger partial charge is 0.338 e. The predicted molar refractivity (Wildman–Crippen MR) is 75.6 cm³/mol. The molecule has 21 heavy (non-hydrogen) atoms. The molecular weight excluding hydrogens is 300 g/mol. The summed E-state index contributed by atoms with van der Waals surface area (Å²) in [5.41, 5.74) is 0.430. The first-order chi connectivity index (χ1) is 9.60. The Morgan fingerprint density at radius 1 is 1.48 bits per heavy atom. The lowest BCUT2D eigenvalue weighted by molar-refractivity contribution is -0.385. The van der Waals surface area contributed by atoms with E-state index in [0.29, 0.717) is 5.56 Å². The maximum Gasteiger partial charge on any atom is 0.338 e. The number of carbonyl (C=O) groups excluding carboxylic acids is 1. The molecule has 0 heterocycles. The molecule has 9 heteroatoms. The van der Waals surface area contributed by atoms with Gasteiger partial charge in [0.2, 0.25) is 10.0 Å². The zero-order valence-corrected chi connectivity index (χ0v) is 12.6. The van der Waals surface area contributed by atoms with Gasteiger partial charge in [-0.3, -0.25) is 10.1 Å². The van der Waals surface area contributed by atoms with E-state index in [-0.39, 0.29) is 17.8 Å². The first-order valence-electron chi connectivity index (χ1n) is 6.01. The van der Waals surface area contributed by atoms with Crippen LogP contribution in [0.25, 0.3) is 0 Å². The molecule has 0 aliphatic heterocycles. The highest BCUT2D eigenvalue weighted by Crippen LogP contribution is 2.19. The van der Waals surface area contributed by atoms with E-state index in [4.69, 9.17) is 4.74 Å². The minimum Gasteiger partial charge on any atom is -0.458 e. The van der Waals surface area contributed by atoms with Crippen LogP contribution < -0.4 is 4.72 Å². The Morgan fingerprint density at radius 3 is 2.57 bits per heavy atom. The van der Waals surface area contributed by atoms with Crippen molar-refractivity contribution in [1.29, 1.82) is 0 Å². The molecule has 0 amide bonds. The summed E-state index contributed by atoms with van der Waals surface area (Å²) in [4.78, 5) is 22.0. The van der Waals surface area contributed by atoms with Gasteiger partial charge in [0.25, 0.3) is 5.69 Å². The summed E-state index contributed by atoms with van der Waals surface area (Å²) in [6.07, 6.45) is 0.337. The van der Waals surface area contributed by atoms with Crippen molar-refractivity contribution in [3.8, 4) is 0 Å². The van der Waals surface area contributed by atoms with Crippen LogP contribution >= 0.6 is 0 Å². The van der Waals surface area contributed by atoms with Crippen molar-refractivity contribution in [1.82, 2.24) is 4.72 Å². The van der Waals surface area contributed by atoms with Gasteiger partial charge in [-0.25, -0.2) is 17.9 Å². The number of hydrogen-bond acceptors (Lipinski definition) is 6. The lowest BCUT2D eigenvalue weighted by atomic mass is 10.1. The van der Waals surface area contributed by atoms with Crippen molar-refractivity contribution < 1.29 is 22.9 Å². The number of ether oxygens (including phenoxy) is 1. The van der Waals surface area contributed by atoms with Crippen molar-refractivity contribution in [2.24, 2.45) is 0 Å². The summed E-state index contributed by atoms with van der Waals surface area (Å²) in [6.45, 7) is 3.01. The molecule has 1 aromatic rings. The van der Waals surface area contributed by atoms with Crippen LogP contribution in [-0.2, 0) is 14.8 Å². The van der Waals surface area contributed by atoms with E-state index in [1.165, 1.54) is 32.0 Å². The highest BCUT2D eigenvalue weighted by Gasteiger charge is 2.17. The molecule has 1 aromatic carbocycles. The van der Waals surface area contributed by atoms with E-state index in [2.05, 4.69) is 4.72 Å². The van der Waals surface area contributed by atoms with Crippen LogP contribution in [0.4, 0.5) is 5.69 Å². The van der Waals surface area contributed by atoms with E-state index >= 15 is 0 Å². The van der Waals surface area contributed by atoms with Crippen LogP contribution in [0.5, 0.6) is 0 Å². The molecule has 0 fully saturated rings. The molecule has 0 saturated heterocycles. The van der Waals surface area contributed by atoms with Gasteiger partial charge in [-0.15, -0.1) is 0 Å². The fourth-order valence-corrected chi connectivity index (χ4v) is 2.09. The number of nitrogens with zero attached hydrogens (tertiary/aromatic N) is 1. The van der Waals surface area contributed by atoms with E-state index in [1.807, 2.05) is 0 Å². The Balaban J connectivity index is 2.72. The van der Waals surface area contributed by atoms with Gasteiger partial charge in [0, 0.05) is 18.2 Å². The number of hydrogen-bond donors (Lipinski definition) is 1. The number of rotatable bonds is 6. The average molecular weight is 316 g/mol. The molecular formula is C12H16N2O6S. The van der Waals surface area contributed by atoms with Crippen molar-refractivity contribution in [2.45, 2.75) is 20.0 Å². The lowest BCUT2D eigenvalue weighted by Crippen LogP contribution is -2.32. The Hall–Kier alpha value is -2.00. The maximum absolute atomic E-state index is 11.8. The third-order valence-corrected chi connectivity index (χ3v) is 3.26. The monoisotopic (exact) mass is 316 g/mol. The van der Waals surface area contributed by atoms with E-state index in [0.717, 1.165) is 6.26 Å². The molecule has 0 aliphatic carbocycles. The zero-order valence-electron chi connectivity index (χ0n) is 11.8. The van der Waals surface area contributed by atoms with Gasteiger partial charge in [-0.2, -0.15) is 0 Å². The van der Waals surface area contributed by atoms with Crippen molar-refractivity contribution >= 4 is 21.7 Å². The first kappa shape index (κ1) is 17.1. The van der Waals surface area contributed by atoms with Crippen molar-refractivity contribution in [3.05, 3.63) is 39.4 Å². The molecule has 8 nitrogen and oxygen atoms in total. The summed E-state index contributed by atoms with van der Waals surface area (Å²) in [5.74, 6) is -0.671. The first-order valence-corrected chi connectivity index (χ1v) is 7.90. The average Bonchev–Trinajstić information content (AvgIpc) is 2.34. The molecule has 1 atom stereocenters. The maximum atomic E-state index is 11.8. The molecule has 1 rings (SSSR count). The van der Waals surface area contributed by atoms with E-state index in [1.54, 1.807) is 0 Å². The number of aryl methyl sites for hydroxylation is 1. The largest absolute Gasteiger partial charge is 0.458 e. The molecule has 0 aliphatic rings. The topological polar surface area (TPSA) is 116 Å². The number of nitro benzene ring substituents is 1. The summed E-state index contributed by atoms with van der Waals surface area (Å²) in [6, 6.07) is 3.88. The Bertz CT molecular complexity index is 656. The fourth-order valence-electron chi connectivity index (χ4n) is 1.55. The third-order valence-electron chi connectivity index (χ3n) is 2.57. The number of benzene rings is 1. The van der Waals surface area contributed by atoms with Gasteiger partial charge < -0.3 is 4.74 Å². The normalized spacial score (nSPS) is 12.7. The van der Waals surface area contributed by atoms with Gasteiger partial charge >= 0.3 is 5.97 Å². The third kappa shape index (κ3) is 5.48. The van der Waals surface area contributed by atoms with Gasteiger partial charge in [0.15, 0.2) is 0 Å². The quantitative estimate of drug-likeness (QED) is 0.475. The predicted octanol–water partition coefficient (Wildman–Crippen LogP) is 0.998. The molecule has 0 saturated carbocycles. The molecule has 0 radical (unpaired) electrons. The van der Waals surface area contributed by atoms with Crippen LogP contribution in [-0.4, -0.2) is 38.2 Å².